The molecule has 2 amide bonds. The third kappa shape index (κ3) is 3.85. The molecule has 1 aliphatic heterocycles. The molecule has 2 aromatic rings. The van der Waals surface area contributed by atoms with Crippen LogP contribution in [0.5, 0.6) is 0 Å². The Balaban J connectivity index is 1.78. The van der Waals surface area contributed by atoms with Crippen molar-refractivity contribution < 1.29 is 18.7 Å². The van der Waals surface area contributed by atoms with Crippen molar-refractivity contribution in [3.63, 3.8) is 0 Å². The molecule has 2 atom stereocenters. The minimum atomic E-state index is -0.850. The number of carbonyl (C=O) groups excluding carboxylic acids is 2. The Hall–Kier alpha value is -2.73. The molecular formula is C19H19FN2O3. The van der Waals surface area contributed by atoms with E-state index in [0.717, 1.165) is 5.56 Å². The van der Waals surface area contributed by atoms with Gasteiger partial charge in [-0.3, -0.25) is 9.59 Å². The van der Waals surface area contributed by atoms with Crippen molar-refractivity contribution in [3.05, 3.63) is 71.5 Å². The molecule has 0 unspecified atom stereocenters. The zero-order chi connectivity index (χ0) is 17.8. The molecule has 25 heavy (non-hydrogen) atoms. The van der Waals surface area contributed by atoms with Crippen LogP contribution in [0.1, 0.15) is 17.2 Å². The number of benzene rings is 2. The van der Waals surface area contributed by atoms with Crippen molar-refractivity contribution in [1.29, 1.82) is 0 Å². The molecule has 1 N–H and O–H groups in total. The predicted molar refractivity (Wildman–Crippen MR) is 89.9 cm³/mol. The van der Waals surface area contributed by atoms with E-state index in [9.17, 15) is 14.0 Å². The van der Waals surface area contributed by atoms with Gasteiger partial charge in [0.25, 0.3) is 5.91 Å². The first kappa shape index (κ1) is 17.1. The summed E-state index contributed by atoms with van der Waals surface area (Å²) >= 11 is 0. The van der Waals surface area contributed by atoms with Crippen molar-refractivity contribution in [1.82, 2.24) is 10.2 Å². The zero-order valence-corrected chi connectivity index (χ0v) is 13.8. The molecule has 2 aromatic carbocycles. The highest BCUT2D eigenvalue weighted by atomic mass is 19.1. The molecule has 1 aliphatic rings. The Morgan fingerprint density at radius 3 is 2.56 bits per heavy atom. The van der Waals surface area contributed by atoms with Crippen molar-refractivity contribution in [3.8, 4) is 0 Å². The number of hydrogen-bond donors (Lipinski definition) is 1. The summed E-state index contributed by atoms with van der Waals surface area (Å²) in [5.74, 6) is -0.904. The Kier molecular flexibility index (Phi) is 5.09. The Morgan fingerprint density at radius 2 is 1.88 bits per heavy atom. The minimum Gasteiger partial charge on any atom is -0.356 e. The summed E-state index contributed by atoms with van der Waals surface area (Å²) in [6, 6.07) is 14.7. The second-order valence-corrected chi connectivity index (χ2v) is 5.94. The van der Waals surface area contributed by atoms with Crippen molar-refractivity contribution in [2.45, 2.75) is 18.7 Å². The number of hydrogen-bond acceptors (Lipinski definition) is 3. The number of nitrogens with one attached hydrogen (secondary N) is 1. The van der Waals surface area contributed by atoms with E-state index >= 15 is 0 Å². The lowest BCUT2D eigenvalue weighted by Gasteiger charge is -2.38. The normalized spacial score (nSPS) is 20.4. The highest BCUT2D eigenvalue weighted by molar-refractivity contribution is 5.86. The molecule has 3 rings (SSSR count). The second kappa shape index (κ2) is 7.44. The van der Waals surface area contributed by atoms with Gasteiger partial charge in [-0.15, -0.1) is 0 Å². The standard InChI is InChI=1S/C19H19FN2O3/c1-22-16(23)12-25-18(17(22)14-7-9-15(20)10-8-14)19(24)21-11-13-5-3-2-4-6-13/h2-10,17-18H,11-12H2,1H3,(H,21,24)/t17-,18+/m1/s1. The number of carbonyl (C=O) groups is 2. The lowest BCUT2D eigenvalue weighted by molar-refractivity contribution is -0.162. The van der Waals surface area contributed by atoms with E-state index in [-0.39, 0.29) is 24.2 Å². The fourth-order valence-corrected chi connectivity index (χ4v) is 2.88. The van der Waals surface area contributed by atoms with Gasteiger partial charge in [0.15, 0.2) is 6.10 Å². The van der Waals surface area contributed by atoms with Gasteiger partial charge in [0.1, 0.15) is 12.4 Å². The van der Waals surface area contributed by atoms with Crippen molar-refractivity contribution >= 4 is 11.8 Å². The van der Waals surface area contributed by atoms with E-state index in [2.05, 4.69) is 5.32 Å². The summed E-state index contributed by atoms with van der Waals surface area (Å²) in [7, 11) is 1.62. The summed E-state index contributed by atoms with van der Waals surface area (Å²) in [5, 5.41) is 2.84. The number of ether oxygens (including phenoxy) is 1. The van der Waals surface area contributed by atoms with Gasteiger partial charge in [-0.2, -0.15) is 0 Å². The van der Waals surface area contributed by atoms with Crippen LogP contribution in [0.3, 0.4) is 0 Å². The summed E-state index contributed by atoms with van der Waals surface area (Å²) in [4.78, 5) is 26.1. The highest BCUT2D eigenvalue weighted by Gasteiger charge is 2.39. The molecule has 0 radical (unpaired) electrons. The zero-order valence-electron chi connectivity index (χ0n) is 13.8. The monoisotopic (exact) mass is 342 g/mol. The van der Waals surface area contributed by atoms with Crippen LogP contribution in [0.25, 0.3) is 0 Å². The number of amides is 2. The third-order valence-electron chi connectivity index (χ3n) is 4.26. The van der Waals surface area contributed by atoms with Crippen LogP contribution in [-0.2, 0) is 20.9 Å². The summed E-state index contributed by atoms with van der Waals surface area (Å²) in [6.07, 6.45) is -0.850. The summed E-state index contributed by atoms with van der Waals surface area (Å²) in [6.45, 7) is 0.213. The van der Waals surface area contributed by atoms with E-state index in [1.165, 1.54) is 17.0 Å². The van der Waals surface area contributed by atoms with Gasteiger partial charge in [-0.25, -0.2) is 4.39 Å². The number of morpholine rings is 1. The van der Waals surface area contributed by atoms with Crippen LogP contribution in [0.2, 0.25) is 0 Å². The van der Waals surface area contributed by atoms with Gasteiger partial charge in [-0.05, 0) is 23.3 Å². The van der Waals surface area contributed by atoms with E-state index in [1.54, 1.807) is 19.2 Å². The average Bonchev–Trinajstić information content (AvgIpc) is 2.63. The van der Waals surface area contributed by atoms with E-state index in [0.29, 0.717) is 12.1 Å². The number of halogens is 1. The van der Waals surface area contributed by atoms with Crippen molar-refractivity contribution in [2.75, 3.05) is 13.7 Å². The minimum absolute atomic E-state index is 0.155. The predicted octanol–water partition coefficient (Wildman–Crippen LogP) is 2.04. The van der Waals surface area contributed by atoms with Crippen LogP contribution in [0, 0.1) is 5.82 Å². The second-order valence-electron chi connectivity index (χ2n) is 5.94. The lowest BCUT2D eigenvalue weighted by atomic mass is 9.97. The topological polar surface area (TPSA) is 58.6 Å². The van der Waals surface area contributed by atoms with E-state index in [4.69, 9.17) is 4.74 Å². The SMILES string of the molecule is CN1C(=O)CO[C@H](C(=O)NCc2ccccc2)[C@H]1c1ccc(F)cc1. The number of nitrogens with zero attached hydrogens (tertiary/aromatic N) is 1. The van der Waals surface area contributed by atoms with Crippen LogP contribution in [-0.4, -0.2) is 36.5 Å². The first-order chi connectivity index (χ1) is 12.1. The molecule has 0 aliphatic carbocycles. The van der Waals surface area contributed by atoms with Gasteiger partial charge in [0, 0.05) is 13.6 Å². The molecule has 1 saturated heterocycles. The Bertz CT molecular complexity index is 749. The first-order valence-corrected chi connectivity index (χ1v) is 8.00. The van der Waals surface area contributed by atoms with Crippen LogP contribution in [0.4, 0.5) is 4.39 Å². The maximum Gasteiger partial charge on any atom is 0.251 e. The Morgan fingerprint density at radius 1 is 1.20 bits per heavy atom. The van der Waals surface area contributed by atoms with Crippen LogP contribution < -0.4 is 5.32 Å². The first-order valence-electron chi connectivity index (χ1n) is 8.00. The lowest BCUT2D eigenvalue weighted by Crippen LogP contribution is -2.52. The largest absolute Gasteiger partial charge is 0.356 e. The number of rotatable bonds is 4. The summed E-state index contributed by atoms with van der Waals surface area (Å²) < 4.78 is 18.7. The average molecular weight is 342 g/mol. The van der Waals surface area contributed by atoms with Gasteiger partial charge in [-0.1, -0.05) is 42.5 Å². The van der Waals surface area contributed by atoms with Crippen molar-refractivity contribution in [2.24, 2.45) is 0 Å². The molecule has 5 nitrogen and oxygen atoms in total. The van der Waals surface area contributed by atoms with E-state index in [1.807, 2.05) is 30.3 Å². The number of likely N-dealkylation sites (N-methyl/N-ethyl adjacent to an activating group) is 1. The molecular weight excluding hydrogens is 323 g/mol. The van der Waals surface area contributed by atoms with Crippen LogP contribution in [0.15, 0.2) is 54.6 Å². The highest BCUT2D eigenvalue weighted by Crippen LogP contribution is 2.29. The van der Waals surface area contributed by atoms with Gasteiger partial charge < -0.3 is 15.0 Å². The third-order valence-corrected chi connectivity index (χ3v) is 4.26. The fraction of sp³-hybridized carbons (Fsp3) is 0.263. The molecule has 0 bridgehead atoms. The molecule has 1 fully saturated rings. The van der Waals surface area contributed by atoms with Gasteiger partial charge >= 0.3 is 0 Å². The summed E-state index contributed by atoms with van der Waals surface area (Å²) in [5.41, 5.74) is 1.62. The fourth-order valence-electron chi connectivity index (χ4n) is 2.88. The quantitative estimate of drug-likeness (QED) is 0.925. The molecule has 130 valence electrons. The molecule has 1 heterocycles. The maximum absolute atomic E-state index is 13.2. The molecule has 0 saturated carbocycles. The van der Waals surface area contributed by atoms with Gasteiger partial charge in [0.2, 0.25) is 5.91 Å². The van der Waals surface area contributed by atoms with E-state index < -0.39 is 12.1 Å². The van der Waals surface area contributed by atoms with Crippen LogP contribution >= 0.6 is 0 Å². The van der Waals surface area contributed by atoms with Gasteiger partial charge in [0.05, 0.1) is 6.04 Å². The molecule has 0 aromatic heterocycles. The molecule has 0 spiro atoms. The maximum atomic E-state index is 13.2. The Labute approximate surface area is 145 Å². The molecule has 6 heteroatoms. The smallest absolute Gasteiger partial charge is 0.251 e.